The summed E-state index contributed by atoms with van der Waals surface area (Å²) in [6.45, 7) is 3.09. The molecule has 2 fully saturated rings. The van der Waals surface area contributed by atoms with Gasteiger partial charge in [0.25, 0.3) is 0 Å². The number of hydrogen-bond acceptors (Lipinski definition) is 5. The minimum atomic E-state index is 0.132. The Labute approximate surface area is 129 Å². The van der Waals surface area contributed by atoms with E-state index in [0.29, 0.717) is 5.92 Å². The number of ether oxygens (including phenoxy) is 1. The average molecular weight is 313 g/mol. The molecular formula is C15H24N2OS2. The second-order valence-corrected chi connectivity index (χ2v) is 8.19. The van der Waals surface area contributed by atoms with Crippen LogP contribution in [0.1, 0.15) is 42.0 Å². The first-order valence-corrected chi connectivity index (χ1v) is 9.50. The highest BCUT2D eigenvalue weighted by atomic mass is 32.2. The van der Waals surface area contributed by atoms with Crippen LogP contribution in [-0.2, 0) is 11.2 Å². The van der Waals surface area contributed by atoms with Crippen LogP contribution in [0.4, 0.5) is 0 Å². The van der Waals surface area contributed by atoms with Crippen molar-refractivity contribution < 1.29 is 4.74 Å². The number of nitrogens with two attached hydrogens (primary N) is 1. The lowest BCUT2D eigenvalue weighted by Crippen LogP contribution is -2.44. The predicted molar refractivity (Wildman–Crippen MR) is 87.1 cm³/mol. The highest BCUT2D eigenvalue weighted by Crippen LogP contribution is 2.44. The first-order valence-electron chi connectivity index (χ1n) is 7.53. The molecular weight excluding hydrogens is 288 g/mol. The molecule has 3 heterocycles. The SMILES string of the molecule is CCc1ccc(C(NN)C2CCOC3(CCSC3)C2)s1. The average Bonchev–Trinajstić information content (AvgIpc) is 3.10. The second kappa shape index (κ2) is 6.36. The molecule has 1 aromatic heterocycles. The van der Waals surface area contributed by atoms with E-state index in [1.165, 1.54) is 21.9 Å². The highest BCUT2D eigenvalue weighted by Gasteiger charge is 2.42. The maximum absolute atomic E-state index is 6.13. The molecule has 3 N–H and O–H groups in total. The summed E-state index contributed by atoms with van der Waals surface area (Å²) in [4.78, 5) is 2.83. The Kier molecular flexibility index (Phi) is 4.72. The van der Waals surface area contributed by atoms with E-state index < -0.39 is 0 Å². The number of rotatable bonds is 4. The van der Waals surface area contributed by atoms with Gasteiger partial charge in [0.1, 0.15) is 0 Å². The van der Waals surface area contributed by atoms with Crippen LogP contribution >= 0.6 is 23.1 Å². The molecule has 2 saturated heterocycles. The van der Waals surface area contributed by atoms with Crippen molar-refractivity contribution in [2.45, 2.75) is 44.2 Å². The van der Waals surface area contributed by atoms with Crippen molar-refractivity contribution in [2.24, 2.45) is 11.8 Å². The fourth-order valence-electron chi connectivity index (χ4n) is 3.42. The van der Waals surface area contributed by atoms with E-state index in [0.717, 1.165) is 31.6 Å². The van der Waals surface area contributed by atoms with Gasteiger partial charge in [-0.05, 0) is 49.5 Å². The summed E-state index contributed by atoms with van der Waals surface area (Å²) in [5.74, 6) is 8.88. The molecule has 0 saturated carbocycles. The van der Waals surface area contributed by atoms with Crippen molar-refractivity contribution in [3.8, 4) is 0 Å². The van der Waals surface area contributed by atoms with E-state index in [9.17, 15) is 0 Å². The number of hydrogen-bond donors (Lipinski definition) is 2. The fourth-order valence-corrected chi connectivity index (χ4v) is 5.90. The Morgan fingerprint density at radius 3 is 3.10 bits per heavy atom. The third kappa shape index (κ3) is 2.92. The molecule has 2 aliphatic rings. The summed E-state index contributed by atoms with van der Waals surface area (Å²) >= 11 is 3.93. The van der Waals surface area contributed by atoms with Crippen LogP contribution < -0.4 is 11.3 Å². The van der Waals surface area contributed by atoms with Crippen LogP contribution in [0.5, 0.6) is 0 Å². The Bertz CT molecular complexity index is 443. The minimum Gasteiger partial charge on any atom is -0.374 e. The standard InChI is InChI=1S/C15H24N2OS2/c1-2-12-3-4-13(20-12)14(17-16)11-5-7-18-15(9-11)6-8-19-10-15/h3-4,11,14,17H,2,5-10,16H2,1H3. The third-order valence-electron chi connectivity index (χ3n) is 4.59. The number of hydrazine groups is 1. The van der Waals surface area contributed by atoms with E-state index in [1.54, 1.807) is 0 Å². The maximum atomic E-state index is 6.13. The topological polar surface area (TPSA) is 47.3 Å². The Morgan fingerprint density at radius 2 is 2.45 bits per heavy atom. The van der Waals surface area contributed by atoms with E-state index in [2.05, 4.69) is 24.5 Å². The summed E-state index contributed by atoms with van der Waals surface area (Å²) in [5, 5.41) is 0. The van der Waals surface area contributed by atoms with Gasteiger partial charge in [-0.15, -0.1) is 11.3 Å². The first kappa shape index (κ1) is 14.9. The zero-order chi connectivity index (χ0) is 14.0. The third-order valence-corrected chi connectivity index (χ3v) is 7.12. The predicted octanol–water partition coefficient (Wildman–Crippen LogP) is 3.12. The van der Waals surface area contributed by atoms with E-state index in [4.69, 9.17) is 10.6 Å². The van der Waals surface area contributed by atoms with Crippen molar-refractivity contribution >= 4 is 23.1 Å². The molecule has 3 nitrogen and oxygen atoms in total. The summed E-state index contributed by atoms with van der Waals surface area (Å²) in [7, 11) is 0. The van der Waals surface area contributed by atoms with Crippen molar-refractivity contribution in [1.29, 1.82) is 0 Å². The Hall–Kier alpha value is -0.0700. The van der Waals surface area contributed by atoms with Crippen LogP contribution in [0.25, 0.3) is 0 Å². The zero-order valence-electron chi connectivity index (χ0n) is 12.1. The molecule has 20 heavy (non-hydrogen) atoms. The van der Waals surface area contributed by atoms with Gasteiger partial charge in [-0.3, -0.25) is 11.3 Å². The zero-order valence-corrected chi connectivity index (χ0v) is 13.7. The van der Waals surface area contributed by atoms with Gasteiger partial charge in [0, 0.05) is 22.1 Å². The number of nitrogens with one attached hydrogen (secondary N) is 1. The van der Waals surface area contributed by atoms with Gasteiger partial charge < -0.3 is 4.74 Å². The molecule has 1 spiro atoms. The molecule has 0 aromatic carbocycles. The Morgan fingerprint density at radius 1 is 1.55 bits per heavy atom. The molecule has 0 aliphatic carbocycles. The van der Waals surface area contributed by atoms with Crippen molar-refractivity contribution in [3.63, 3.8) is 0 Å². The van der Waals surface area contributed by atoms with Gasteiger partial charge in [0.15, 0.2) is 0 Å². The number of thioether (sulfide) groups is 1. The first-order chi connectivity index (χ1) is 9.76. The molecule has 3 rings (SSSR count). The lowest BCUT2D eigenvalue weighted by atomic mass is 9.81. The summed E-state index contributed by atoms with van der Waals surface area (Å²) < 4.78 is 6.13. The van der Waals surface area contributed by atoms with E-state index in [1.807, 2.05) is 23.1 Å². The summed E-state index contributed by atoms with van der Waals surface area (Å²) in [5.41, 5.74) is 3.21. The largest absolute Gasteiger partial charge is 0.374 e. The molecule has 112 valence electrons. The molecule has 3 atom stereocenters. The van der Waals surface area contributed by atoms with Gasteiger partial charge in [-0.25, -0.2) is 0 Å². The monoisotopic (exact) mass is 312 g/mol. The quantitative estimate of drug-likeness (QED) is 0.662. The van der Waals surface area contributed by atoms with Gasteiger partial charge in [-0.1, -0.05) is 6.92 Å². The smallest absolute Gasteiger partial charge is 0.0783 e. The number of thiophene rings is 1. The van der Waals surface area contributed by atoms with Gasteiger partial charge in [0.2, 0.25) is 0 Å². The fraction of sp³-hybridized carbons (Fsp3) is 0.733. The highest BCUT2D eigenvalue weighted by molar-refractivity contribution is 7.99. The van der Waals surface area contributed by atoms with Gasteiger partial charge in [0.05, 0.1) is 11.6 Å². The molecule has 1 aromatic rings. The van der Waals surface area contributed by atoms with Crippen molar-refractivity contribution in [3.05, 3.63) is 21.9 Å². The maximum Gasteiger partial charge on any atom is 0.0783 e. The lowest BCUT2D eigenvalue weighted by molar-refractivity contribution is -0.0852. The second-order valence-electron chi connectivity index (χ2n) is 5.89. The van der Waals surface area contributed by atoms with Crippen LogP contribution in [0, 0.1) is 5.92 Å². The molecule has 2 aliphatic heterocycles. The van der Waals surface area contributed by atoms with Crippen molar-refractivity contribution in [2.75, 3.05) is 18.1 Å². The summed E-state index contributed by atoms with van der Waals surface area (Å²) in [6, 6.07) is 4.77. The van der Waals surface area contributed by atoms with Crippen LogP contribution in [0.2, 0.25) is 0 Å². The van der Waals surface area contributed by atoms with Crippen molar-refractivity contribution in [1.82, 2.24) is 5.43 Å². The van der Waals surface area contributed by atoms with Gasteiger partial charge >= 0.3 is 0 Å². The van der Waals surface area contributed by atoms with Gasteiger partial charge in [-0.2, -0.15) is 11.8 Å². The molecule has 5 heteroatoms. The Balaban J connectivity index is 1.75. The van der Waals surface area contributed by atoms with E-state index in [-0.39, 0.29) is 11.6 Å². The normalized spacial score (nSPS) is 31.8. The molecule has 0 radical (unpaired) electrons. The molecule has 3 unspecified atom stereocenters. The number of aryl methyl sites for hydroxylation is 1. The lowest BCUT2D eigenvalue weighted by Gasteiger charge is -2.40. The van der Waals surface area contributed by atoms with Crippen LogP contribution in [0.15, 0.2) is 12.1 Å². The summed E-state index contributed by atoms with van der Waals surface area (Å²) in [6.07, 6.45) is 4.57. The van der Waals surface area contributed by atoms with Crippen LogP contribution in [-0.4, -0.2) is 23.7 Å². The van der Waals surface area contributed by atoms with E-state index >= 15 is 0 Å². The molecule has 0 bridgehead atoms. The van der Waals surface area contributed by atoms with Crippen LogP contribution in [0.3, 0.4) is 0 Å². The minimum absolute atomic E-state index is 0.132. The molecule has 0 amide bonds.